The van der Waals surface area contributed by atoms with Crippen LogP contribution in [0.4, 0.5) is 0 Å². The van der Waals surface area contributed by atoms with Crippen molar-refractivity contribution >= 4 is 10.2 Å². The molecule has 0 fully saturated rings. The maximum Gasteiger partial charge on any atom is 0.0560 e. The first-order valence-electron chi connectivity index (χ1n) is 2.28. The molecule has 0 rings (SSSR count). The number of aliphatic hydroxyl groups is 1. The normalized spacial score (nSPS) is 12.5. The van der Waals surface area contributed by atoms with Gasteiger partial charge in [-0.05, 0) is 19.9 Å². The minimum absolute atomic E-state index is 0.397. The smallest absolute Gasteiger partial charge is 0.0560 e. The summed E-state index contributed by atoms with van der Waals surface area (Å²) in [7, 11) is 1.10. The van der Waals surface area contributed by atoms with Gasteiger partial charge in [0, 0.05) is 10.2 Å². The zero-order chi connectivity index (χ0) is 5.21. The van der Waals surface area contributed by atoms with Gasteiger partial charge in [-0.25, -0.2) is 0 Å². The number of hydrogen-bond acceptors (Lipinski definition) is 1. The second-order valence-electron chi connectivity index (χ2n) is 2.17. The number of hydrogen-bond donors (Lipinski definition) is 1. The molecule has 0 spiro atoms. The molecule has 0 aromatic carbocycles. The van der Waals surface area contributed by atoms with Crippen LogP contribution in [0, 0.1) is 0 Å². The highest BCUT2D eigenvalue weighted by molar-refractivity contribution is 6.09. The van der Waals surface area contributed by atoms with Crippen LogP contribution in [0.1, 0.15) is 13.8 Å². The Labute approximate surface area is 41.8 Å². The van der Waals surface area contributed by atoms with Crippen LogP contribution in [0.25, 0.3) is 0 Å². The lowest BCUT2D eigenvalue weighted by atomic mass is 10.2. The van der Waals surface area contributed by atoms with E-state index >= 15 is 0 Å². The average molecular weight is 104 g/mol. The van der Waals surface area contributed by atoms with Crippen LogP contribution in [0.15, 0.2) is 0 Å². The van der Waals surface area contributed by atoms with Crippen molar-refractivity contribution in [3.05, 3.63) is 0 Å². The summed E-state index contributed by atoms with van der Waals surface area (Å²) >= 11 is 0. The predicted molar refractivity (Wildman–Crippen MR) is 31.0 cm³/mol. The SMILES string of the molecule is CC(C)(O)C[SiH3]. The van der Waals surface area contributed by atoms with Crippen molar-refractivity contribution < 1.29 is 5.11 Å². The third-order valence-electron chi connectivity index (χ3n) is 0.865. The Bertz CT molecular complexity index is 37.3. The molecular formula is C4H12OSi. The monoisotopic (exact) mass is 104 g/mol. The molecule has 1 N–H and O–H groups in total. The van der Waals surface area contributed by atoms with E-state index in [9.17, 15) is 0 Å². The second kappa shape index (κ2) is 1.75. The van der Waals surface area contributed by atoms with Crippen molar-refractivity contribution in [3.8, 4) is 0 Å². The summed E-state index contributed by atoms with van der Waals surface area (Å²) in [5.74, 6) is 0. The Morgan fingerprint density at radius 1 is 1.67 bits per heavy atom. The van der Waals surface area contributed by atoms with E-state index in [1.807, 2.05) is 13.8 Å². The summed E-state index contributed by atoms with van der Waals surface area (Å²) in [5, 5.41) is 8.86. The van der Waals surface area contributed by atoms with E-state index < -0.39 is 5.60 Å². The molecule has 0 amide bonds. The summed E-state index contributed by atoms with van der Waals surface area (Å²) < 4.78 is 0. The van der Waals surface area contributed by atoms with E-state index in [-0.39, 0.29) is 0 Å². The van der Waals surface area contributed by atoms with Crippen LogP contribution in [-0.2, 0) is 0 Å². The van der Waals surface area contributed by atoms with Gasteiger partial charge in [0.2, 0.25) is 0 Å². The fraction of sp³-hybridized carbons (Fsp3) is 1.00. The minimum atomic E-state index is -0.397. The topological polar surface area (TPSA) is 20.2 Å². The fourth-order valence-electron chi connectivity index (χ4n) is 0. The molecule has 0 saturated heterocycles. The fourth-order valence-corrected chi connectivity index (χ4v) is 0. The van der Waals surface area contributed by atoms with Gasteiger partial charge in [-0.3, -0.25) is 0 Å². The lowest BCUT2D eigenvalue weighted by Crippen LogP contribution is -2.16. The van der Waals surface area contributed by atoms with Gasteiger partial charge in [-0.2, -0.15) is 0 Å². The standard InChI is InChI=1S/C4H12OSi/c1-4(2,5)3-6/h5H,3H2,1-2,6H3. The first kappa shape index (κ1) is 6.18. The highest BCUT2D eigenvalue weighted by Gasteiger charge is 2.05. The van der Waals surface area contributed by atoms with Gasteiger partial charge in [0.1, 0.15) is 0 Å². The van der Waals surface area contributed by atoms with Crippen molar-refractivity contribution in [2.75, 3.05) is 0 Å². The van der Waals surface area contributed by atoms with Gasteiger partial charge < -0.3 is 5.11 Å². The highest BCUT2D eigenvalue weighted by Crippen LogP contribution is 2.02. The molecule has 38 valence electrons. The molecule has 0 aromatic rings. The van der Waals surface area contributed by atoms with Crippen molar-refractivity contribution in [2.24, 2.45) is 0 Å². The van der Waals surface area contributed by atoms with E-state index in [1.165, 1.54) is 0 Å². The van der Waals surface area contributed by atoms with E-state index in [2.05, 4.69) is 0 Å². The molecule has 0 bridgehead atoms. The minimum Gasteiger partial charge on any atom is -0.391 e. The maximum atomic E-state index is 8.86. The quantitative estimate of drug-likeness (QED) is 0.446. The van der Waals surface area contributed by atoms with E-state index in [4.69, 9.17) is 5.11 Å². The van der Waals surface area contributed by atoms with Gasteiger partial charge in [-0.1, -0.05) is 0 Å². The molecule has 0 heterocycles. The Morgan fingerprint density at radius 3 is 1.83 bits per heavy atom. The summed E-state index contributed by atoms with van der Waals surface area (Å²) in [6.45, 7) is 3.67. The van der Waals surface area contributed by atoms with Gasteiger partial charge >= 0.3 is 0 Å². The summed E-state index contributed by atoms with van der Waals surface area (Å²) in [5.41, 5.74) is -0.397. The van der Waals surface area contributed by atoms with Crippen LogP contribution in [0.3, 0.4) is 0 Å². The lowest BCUT2D eigenvalue weighted by molar-refractivity contribution is 0.102. The number of rotatable bonds is 1. The summed E-state index contributed by atoms with van der Waals surface area (Å²) in [6, 6.07) is 0.965. The lowest BCUT2D eigenvalue weighted by Gasteiger charge is -2.11. The van der Waals surface area contributed by atoms with Crippen LogP contribution in [0.2, 0.25) is 6.04 Å². The van der Waals surface area contributed by atoms with Gasteiger partial charge in [-0.15, -0.1) is 0 Å². The molecule has 0 atom stereocenters. The van der Waals surface area contributed by atoms with Crippen molar-refractivity contribution in [1.82, 2.24) is 0 Å². The van der Waals surface area contributed by atoms with E-state index in [0.29, 0.717) is 0 Å². The zero-order valence-electron chi connectivity index (χ0n) is 4.65. The zero-order valence-corrected chi connectivity index (χ0v) is 6.65. The summed E-state index contributed by atoms with van der Waals surface area (Å²) in [6.07, 6.45) is 0. The van der Waals surface area contributed by atoms with Crippen LogP contribution >= 0.6 is 0 Å². The summed E-state index contributed by atoms with van der Waals surface area (Å²) in [4.78, 5) is 0. The molecule has 0 saturated carbocycles. The second-order valence-corrected chi connectivity index (χ2v) is 2.87. The van der Waals surface area contributed by atoms with Crippen LogP contribution in [0.5, 0.6) is 0 Å². The first-order valence-corrected chi connectivity index (χ1v) is 3.70. The predicted octanol–water partition coefficient (Wildman–Crippen LogP) is -0.459. The van der Waals surface area contributed by atoms with Crippen LogP contribution in [-0.4, -0.2) is 21.0 Å². The molecule has 0 aliphatic rings. The van der Waals surface area contributed by atoms with Crippen molar-refractivity contribution in [1.29, 1.82) is 0 Å². The molecule has 0 radical (unpaired) electrons. The third-order valence-corrected chi connectivity index (χ3v) is 2.60. The van der Waals surface area contributed by atoms with Crippen LogP contribution < -0.4 is 0 Å². The molecule has 2 heteroatoms. The van der Waals surface area contributed by atoms with Gasteiger partial charge in [0.15, 0.2) is 0 Å². The van der Waals surface area contributed by atoms with Crippen molar-refractivity contribution in [3.63, 3.8) is 0 Å². The van der Waals surface area contributed by atoms with Gasteiger partial charge in [0.25, 0.3) is 0 Å². The molecular weight excluding hydrogens is 92.1 g/mol. The molecule has 0 aromatic heterocycles. The largest absolute Gasteiger partial charge is 0.391 e. The molecule has 0 unspecified atom stereocenters. The Morgan fingerprint density at radius 2 is 1.83 bits per heavy atom. The van der Waals surface area contributed by atoms with Crippen molar-refractivity contribution in [2.45, 2.75) is 25.5 Å². The molecule has 6 heavy (non-hydrogen) atoms. The highest BCUT2D eigenvalue weighted by atomic mass is 28.1. The van der Waals surface area contributed by atoms with Gasteiger partial charge in [0.05, 0.1) is 5.60 Å². The first-order chi connectivity index (χ1) is 2.56. The Kier molecular flexibility index (Phi) is 1.81. The average Bonchev–Trinajstić information content (AvgIpc) is 1.35. The molecule has 1 nitrogen and oxygen atoms in total. The maximum absolute atomic E-state index is 8.86. The third kappa shape index (κ3) is 4.18. The Balaban J connectivity index is 3.17. The molecule has 0 aliphatic heterocycles. The Hall–Kier alpha value is 0.177. The van der Waals surface area contributed by atoms with E-state index in [0.717, 1.165) is 16.3 Å². The molecule has 0 aliphatic carbocycles. The van der Waals surface area contributed by atoms with E-state index in [1.54, 1.807) is 0 Å².